The van der Waals surface area contributed by atoms with Gasteiger partial charge in [-0.25, -0.2) is 0 Å². The summed E-state index contributed by atoms with van der Waals surface area (Å²) >= 11 is 3.34. The van der Waals surface area contributed by atoms with E-state index in [9.17, 15) is 14.9 Å². The molecule has 1 amide bonds. The number of nitrogens with one attached hydrogen (secondary N) is 1. The molecule has 1 N–H and O–H groups in total. The smallest absolute Gasteiger partial charge is 0.270 e. The maximum absolute atomic E-state index is 11.9. The van der Waals surface area contributed by atoms with Crippen LogP contribution in [0, 0.1) is 10.1 Å². The van der Waals surface area contributed by atoms with E-state index in [0.717, 1.165) is 4.47 Å². The number of carbonyl (C=O) groups is 1. The molecule has 0 spiro atoms. The average Bonchev–Trinajstić information content (AvgIpc) is 2.53. The number of nitro benzene ring substituents is 1. The summed E-state index contributed by atoms with van der Waals surface area (Å²) in [5.41, 5.74) is 1.16. The summed E-state index contributed by atoms with van der Waals surface area (Å²) in [5, 5.41) is 13.4. The van der Waals surface area contributed by atoms with E-state index in [2.05, 4.69) is 21.2 Å². The Morgan fingerprint density at radius 1 is 1.30 bits per heavy atom. The molecule has 0 saturated heterocycles. The fourth-order valence-corrected chi connectivity index (χ4v) is 2.38. The molecule has 0 aliphatic heterocycles. The molecule has 2 aromatic rings. The van der Waals surface area contributed by atoms with Gasteiger partial charge >= 0.3 is 0 Å². The van der Waals surface area contributed by atoms with Crippen molar-refractivity contribution < 1.29 is 14.5 Å². The fraction of sp³-hybridized carbons (Fsp3) is 0.0625. The molecule has 7 heteroatoms. The Bertz CT molecular complexity index is 774. The maximum Gasteiger partial charge on any atom is 0.270 e. The van der Waals surface area contributed by atoms with Crippen LogP contribution >= 0.6 is 15.9 Å². The van der Waals surface area contributed by atoms with Crippen LogP contribution in [0.2, 0.25) is 0 Å². The largest absolute Gasteiger partial charge is 0.496 e. The molecule has 0 fully saturated rings. The number of rotatable bonds is 5. The molecule has 6 nitrogen and oxygen atoms in total. The minimum absolute atomic E-state index is 0.0216. The van der Waals surface area contributed by atoms with Gasteiger partial charge in [0.1, 0.15) is 5.75 Å². The van der Waals surface area contributed by atoms with Crippen LogP contribution in [0.3, 0.4) is 0 Å². The van der Waals surface area contributed by atoms with Crippen LogP contribution in [0.15, 0.2) is 53.0 Å². The second-order valence-corrected chi connectivity index (χ2v) is 5.38. The highest BCUT2D eigenvalue weighted by Crippen LogP contribution is 2.27. The number of nitro groups is 1. The highest BCUT2D eigenvalue weighted by molar-refractivity contribution is 9.10. The number of anilines is 1. The first-order chi connectivity index (χ1) is 11.0. The summed E-state index contributed by atoms with van der Waals surface area (Å²) in [6.07, 6.45) is 2.83. The molecular formula is C16H13BrN2O4. The zero-order valence-corrected chi connectivity index (χ0v) is 13.7. The molecule has 0 aromatic heterocycles. The standard InChI is InChI=1S/C16H13BrN2O4/c1-23-15-7-6-12(10-14(15)17)18-16(20)8-5-11-3-2-4-13(9-11)19(21)22/h2-10H,1H3,(H,18,20)/b8-5+. The van der Waals surface area contributed by atoms with Crippen molar-refractivity contribution in [3.63, 3.8) is 0 Å². The van der Waals surface area contributed by atoms with E-state index >= 15 is 0 Å². The number of methoxy groups -OCH3 is 1. The third-order valence-electron chi connectivity index (χ3n) is 2.93. The van der Waals surface area contributed by atoms with Crippen molar-refractivity contribution in [3.05, 3.63) is 68.7 Å². The van der Waals surface area contributed by atoms with Crippen molar-refractivity contribution in [1.82, 2.24) is 0 Å². The lowest BCUT2D eigenvalue weighted by molar-refractivity contribution is -0.384. The van der Waals surface area contributed by atoms with Gasteiger partial charge in [0.25, 0.3) is 5.69 Å². The number of ether oxygens (including phenoxy) is 1. The van der Waals surface area contributed by atoms with E-state index in [0.29, 0.717) is 17.0 Å². The van der Waals surface area contributed by atoms with Crippen LogP contribution in [-0.4, -0.2) is 17.9 Å². The molecule has 0 atom stereocenters. The Morgan fingerprint density at radius 3 is 2.74 bits per heavy atom. The van der Waals surface area contributed by atoms with Crippen LogP contribution in [0.4, 0.5) is 11.4 Å². The molecule has 0 radical (unpaired) electrons. The first kappa shape index (κ1) is 16.7. The first-order valence-electron chi connectivity index (χ1n) is 6.56. The molecule has 0 heterocycles. The second-order valence-electron chi connectivity index (χ2n) is 4.52. The van der Waals surface area contributed by atoms with Gasteiger partial charge in [-0.05, 0) is 45.8 Å². The van der Waals surface area contributed by atoms with Gasteiger partial charge in [-0.15, -0.1) is 0 Å². The van der Waals surface area contributed by atoms with E-state index in [1.54, 1.807) is 37.4 Å². The quantitative estimate of drug-likeness (QED) is 0.485. The summed E-state index contributed by atoms with van der Waals surface area (Å²) < 4.78 is 5.83. The molecule has 0 unspecified atom stereocenters. The van der Waals surface area contributed by atoms with Crippen LogP contribution in [0.5, 0.6) is 5.75 Å². The number of carbonyl (C=O) groups excluding carboxylic acids is 1. The molecule has 0 aliphatic carbocycles. The first-order valence-corrected chi connectivity index (χ1v) is 7.36. The van der Waals surface area contributed by atoms with Crippen molar-refractivity contribution in [2.45, 2.75) is 0 Å². The van der Waals surface area contributed by atoms with Gasteiger partial charge in [0, 0.05) is 23.9 Å². The number of hydrogen-bond donors (Lipinski definition) is 1. The van der Waals surface area contributed by atoms with Crippen LogP contribution < -0.4 is 10.1 Å². The zero-order valence-electron chi connectivity index (χ0n) is 12.2. The molecule has 118 valence electrons. The Morgan fingerprint density at radius 2 is 2.09 bits per heavy atom. The topological polar surface area (TPSA) is 81.5 Å². The highest BCUT2D eigenvalue weighted by Gasteiger charge is 2.05. The lowest BCUT2D eigenvalue weighted by Gasteiger charge is -2.06. The third-order valence-corrected chi connectivity index (χ3v) is 3.55. The number of hydrogen-bond acceptors (Lipinski definition) is 4. The number of halogens is 1. The van der Waals surface area contributed by atoms with Crippen molar-refractivity contribution in [1.29, 1.82) is 0 Å². The van der Waals surface area contributed by atoms with Gasteiger partial charge in [0.05, 0.1) is 16.5 Å². The van der Waals surface area contributed by atoms with Crippen molar-refractivity contribution in [3.8, 4) is 5.75 Å². The lowest BCUT2D eigenvalue weighted by atomic mass is 10.2. The predicted molar refractivity (Wildman–Crippen MR) is 91.5 cm³/mol. The second kappa shape index (κ2) is 7.55. The average molecular weight is 377 g/mol. The zero-order chi connectivity index (χ0) is 16.8. The molecule has 2 aromatic carbocycles. The predicted octanol–water partition coefficient (Wildman–Crippen LogP) is 4.02. The minimum atomic E-state index is -0.480. The SMILES string of the molecule is COc1ccc(NC(=O)/C=C/c2cccc([N+](=O)[O-])c2)cc1Br. The molecule has 23 heavy (non-hydrogen) atoms. The Kier molecular flexibility index (Phi) is 5.48. The monoisotopic (exact) mass is 376 g/mol. The third kappa shape index (κ3) is 4.65. The van der Waals surface area contributed by atoms with Crippen LogP contribution in [0.25, 0.3) is 6.08 Å². The van der Waals surface area contributed by atoms with Gasteiger partial charge in [0.2, 0.25) is 5.91 Å². The maximum atomic E-state index is 11.9. The molecule has 0 bridgehead atoms. The summed E-state index contributed by atoms with van der Waals surface area (Å²) in [6.45, 7) is 0. The van der Waals surface area contributed by atoms with Crippen LogP contribution in [0.1, 0.15) is 5.56 Å². The van der Waals surface area contributed by atoms with E-state index in [1.165, 1.54) is 24.3 Å². The molecular weight excluding hydrogens is 364 g/mol. The number of nitrogens with zero attached hydrogens (tertiary/aromatic N) is 1. The normalized spacial score (nSPS) is 10.5. The molecule has 0 aliphatic rings. The Labute approximate surface area is 141 Å². The van der Waals surface area contributed by atoms with Crippen molar-refractivity contribution in [2.75, 3.05) is 12.4 Å². The highest BCUT2D eigenvalue weighted by atomic mass is 79.9. The summed E-state index contributed by atoms with van der Waals surface area (Å²) in [7, 11) is 1.56. The van der Waals surface area contributed by atoms with Gasteiger partial charge in [-0.1, -0.05) is 12.1 Å². The fourth-order valence-electron chi connectivity index (χ4n) is 1.84. The van der Waals surface area contributed by atoms with E-state index in [4.69, 9.17) is 4.74 Å². The van der Waals surface area contributed by atoms with Gasteiger partial charge in [0.15, 0.2) is 0 Å². The van der Waals surface area contributed by atoms with Gasteiger partial charge < -0.3 is 10.1 Å². The number of amides is 1. The summed E-state index contributed by atoms with van der Waals surface area (Å²) in [6, 6.07) is 11.2. The van der Waals surface area contributed by atoms with Crippen molar-refractivity contribution >= 4 is 39.3 Å². The summed E-state index contributed by atoms with van der Waals surface area (Å²) in [5.74, 6) is 0.323. The summed E-state index contributed by atoms with van der Waals surface area (Å²) in [4.78, 5) is 22.1. The Hall–Kier alpha value is -2.67. The van der Waals surface area contributed by atoms with E-state index in [-0.39, 0.29) is 11.6 Å². The minimum Gasteiger partial charge on any atom is -0.496 e. The van der Waals surface area contributed by atoms with E-state index < -0.39 is 4.92 Å². The molecule has 2 rings (SSSR count). The Balaban J connectivity index is 2.05. The number of benzene rings is 2. The van der Waals surface area contributed by atoms with Gasteiger partial charge in [-0.3, -0.25) is 14.9 Å². The van der Waals surface area contributed by atoms with Crippen LogP contribution in [-0.2, 0) is 4.79 Å². The van der Waals surface area contributed by atoms with Gasteiger partial charge in [-0.2, -0.15) is 0 Å². The van der Waals surface area contributed by atoms with Crippen molar-refractivity contribution in [2.24, 2.45) is 0 Å². The lowest BCUT2D eigenvalue weighted by Crippen LogP contribution is -2.07. The number of non-ortho nitro benzene ring substituents is 1. The molecule has 0 saturated carbocycles. The van der Waals surface area contributed by atoms with E-state index in [1.807, 2.05) is 0 Å².